The molecule has 0 spiro atoms. The van der Waals surface area contributed by atoms with Crippen LogP contribution < -0.4 is 10.2 Å². The maximum Gasteiger partial charge on any atom is 0.123 e. The predicted octanol–water partition coefficient (Wildman–Crippen LogP) is 3.42. The van der Waals surface area contributed by atoms with Crippen molar-refractivity contribution in [2.45, 2.75) is 33.7 Å². The highest BCUT2D eigenvalue weighted by Crippen LogP contribution is 2.30. The minimum Gasteiger partial charge on any atom is -0.371 e. The van der Waals surface area contributed by atoms with Crippen molar-refractivity contribution in [3.8, 4) is 0 Å². The number of halogens is 1. The van der Waals surface area contributed by atoms with Crippen molar-refractivity contribution in [1.82, 2.24) is 5.32 Å². The number of rotatable bonds is 5. The topological polar surface area (TPSA) is 15.3 Å². The molecule has 1 saturated heterocycles. The Morgan fingerprint density at radius 3 is 2.84 bits per heavy atom. The van der Waals surface area contributed by atoms with Gasteiger partial charge in [-0.05, 0) is 48.6 Å². The molecule has 1 aliphatic rings. The van der Waals surface area contributed by atoms with Crippen LogP contribution in [-0.2, 0) is 6.54 Å². The Balaban J connectivity index is 2.15. The van der Waals surface area contributed by atoms with Gasteiger partial charge in [-0.25, -0.2) is 4.39 Å². The van der Waals surface area contributed by atoms with Crippen LogP contribution in [0.5, 0.6) is 0 Å². The van der Waals surface area contributed by atoms with Gasteiger partial charge >= 0.3 is 0 Å². The molecule has 0 aliphatic carbocycles. The Kier molecular flexibility index (Phi) is 4.81. The Labute approximate surface area is 116 Å². The fraction of sp³-hybridized carbons (Fsp3) is 0.625. The normalized spacial score (nSPS) is 19.4. The molecule has 0 saturated carbocycles. The van der Waals surface area contributed by atoms with Gasteiger partial charge in [-0.3, -0.25) is 0 Å². The van der Waals surface area contributed by atoms with Crippen LogP contribution >= 0.6 is 0 Å². The van der Waals surface area contributed by atoms with E-state index in [0.29, 0.717) is 0 Å². The van der Waals surface area contributed by atoms with Gasteiger partial charge in [0.05, 0.1) is 0 Å². The fourth-order valence-electron chi connectivity index (χ4n) is 2.81. The summed E-state index contributed by atoms with van der Waals surface area (Å²) in [6, 6.07) is 5.18. The third-order valence-corrected chi connectivity index (χ3v) is 4.12. The first kappa shape index (κ1) is 14.3. The van der Waals surface area contributed by atoms with Crippen molar-refractivity contribution in [3.05, 3.63) is 29.6 Å². The maximum absolute atomic E-state index is 13.4. The van der Waals surface area contributed by atoms with E-state index >= 15 is 0 Å². The second-order valence-corrected chi connectivity index (χ2v) is 5.79. The number of hydrogen-bond acceptors (Lipinski definition) is 2. The molecule has 1 atom stereocenters. The highest BCUT2D eigenvalue weighted by molar-refractivity contribution is 5.54. The highest BCUT2D eigenvalue weighted by atomic mass is 19.1. The standard InChI is InChI=1S/C16H25FN2/c1-4-18-10-14-9-15(17)5-6-16(14)19-8-7-13(11-19)12(2)3/h5-6,9,12-13,18H,4,7-8,10-11H2,1-3H3. The van der Waals surface area contributed by atoms with Gasteiger partial charge < -0.3 is 10.2 Å². The average Bonchev–Trinajstić information content (AvgIpc) is 2.86. The quantitative estimate of drug-likeness (QED) is 0.876. The van der Waals surface area contributed by atoms with E-state index < -0.39 is 0 Å². The van der Waals surface area contributed by atoms with Crippen LogP contribution in [-0.4, -0.2) is 19.6 Å². The van der Waals surface area contributed by atoms with Crippen LogP contribution in [0.4, 0.5) is 10.1 Å². The average molecular weight is 264 g/mol. The van der Waals surface area contributed by atoms with Crippen molar-refractivity contribution in [3.63, 3.8) is 0 Å². The third-order valence-electron chi connectivity index (χ3n) is 4.12. The smallest absolute Gasteiger partial charge is 0.123 e. The lowest BCUT2D eigenvalue weighted by Crippen LogP contribution is -2.24. The largest absolute Gasteiger partial charge is 0.371 e. The molecule has 2 nitrogen and oxygen atoms in total. The van der Waals surface area contributed by atoms with Gasteiger partial charge in [-0.1, -0.05) is 20.8 Å². The SMILES string of the molecule is CCNCc1cc(F)ccc1N1CCC(C(C)C)C1. The lowest BCUT2D eigenvalue weighted by atomic mass is 9.95. The van der Waals surface area contributed by atoms with Crippen LogP contribution in [0.1, 0.15) is 32.8 Å². The van der Waals surface area contributed by atoms with Crippen molar-refractivity contribution < 1.29 is 4.39 Å². The van der Waals surface area contributed by atoms with E-state index in [9.17, 15) is 4.39 Å². The second-order valence-electron chi connectivity index (χ2n) is 5.79. The van der Waals surface area contributed by atoms with Gasteiger partial charge in [0.1, 0.15) is 5.82 Å². The lowest BCUT2D eigenvalue weighted by Gasteiger charge is -2.23. The number of benzene rings is 1. The Hall–Kier alpha value is -1.09. The van der Waals surface area contributed by atoms with Gasteiger partial charge in [0.2, 0.25) is 0 Å². The summed E-state index contributed by atoms with van der Waals surface area (Å²) in [6.45, 7) is 10.5. The fourth-order valence-corrected chi connectivity index (χ4v) is 2.81. The zero-order valence-corrected chi connectivity index (χ0v) is 12.2. The van der Waals surface area contributed by atoms with Gasteiger partial charge in [-0.15, -0.1) is 0 Å². The Morgan fingerprint density at radius 1 is 1.42 bits per heavy atom. The van der Waals surface area contributed by atoms with Gasteiger partial charge in [-0.2, -0.15) is 0 Å². The number of hydrogen-bond donors (Lipinski definition) is 1. The number of nitrogens with one attached hydrogen (secondary N) is 1. The van der Waals surface area contributed by atoms with E-state index in [1.807, 2.05) is 6.07 Å². The first-order chi connectivity index (χ1) is 9.11. The molecule has 1 heterocycles. The van der Waals surface area contributed by atoms with Crippen molar-refractivity contribution in [2.24, 2.45) is 11.8 Å². The van der Waals surface area contributed by atoms with E-state index in [0.717, 1.165) is 43.6 Å². The molecule has 1 N–H and O–H groups in total. The maximum atomic E-state index is 13.4. The van der Waals surface area contributed by atoms with E-state index in [-0.39, 0.29) is 5.82 Å². The Morgan fingerprint density at radius 2 is 2.21 bits per heavy atom. The summed E-state index contributed by atoms with van der Waals surface area (Å²) in [6.07, 6.45) is 1.25. The molecule has 1 unspecified atom stereocenters. The molecule has 1 aliphatic heterocycles. The molecule has 3 heteroatoms. The van der Waals surface area contributed by atoms with Crippen molar-refractivity contribution in [1.29, 1.82) is 0 Å². The van der Waals surface area contributed by atoms with E-state index in [1.165, 1.54) is 12.1 Å². The van der Waals surface area contributed by atoms with Crippen LogP contribution in [0.2, 0.25) is 0 Å². The molecule has 106 valence electrons. The summed E-state index contributed by atoms with van der Waals surface area (Å²) < 4.78 is 13.4. The zero-order chi connectivity index (χ0) is 13.8. The predicted molar refractivity (Wildman–Crippen MR) is 78.9 cm³/mol. The molecule has 19 heavy (non-hydrogen) atoms. The molecular formula is C16H25FN2. The van der Waals surface area contributed by atoms with Gasteiger partial charge in [0, 0.05) is 25.3 Å². The second kappa shape index (κ2) is 6.38. The summed E-state index contributed by atoms with van der Waals surface area (Å²) in [7, 11) is 0. The van der Waals surface area contributed by atoms with E-state index in [2.05, 4.69) is 31.0 Å². The molecule has 0 aromatic heterocycles. The molecular weight excluding hydrogens is 239 g/mol. The minimum absolute atomic E-state index is 0.142. The molecule has 0 amide bonds. The highest BCUT2D eigenvalue weighted by Gasteiger charge is 2.26. The minimum atomic E-state index is -0.142. The zero-order valence-electron chi connectivity index (χ0n) is 12.2. The molecule has 0 radical (unpaired) electrons. The summed E-state index contributed by atoms with van der Waals surface area (Å²) in [4.78, 5) is 2.41. The first-order valence-electron chi connectivity index (χ1n) is 7.36. The summed E-state index contributed by atoms with van der Waals surface area (Å²) >= 11 is 0. The van der Waals surface area contributed by atoms with Crippen molar-refractivity contribution >= 4 is 5.69 Å². The Bertz CT molecular complexity index is 417. The van der Waals surface area contributed by atoms with Gasteiger partial charge in [0.25, 0.3) is 0 Å². The van der Waals surface area contributed by atoms with E-state index in [4.69, 9.17) is 0 Å². The van der Waals surface area contributed by atoms with Crippen LogP contribution in [0, 0.1) is 17.7 Å². The van der Waals surface area contributed by atoms with Crippen LogP contribution in [0.25, 0.3) is 0 Å². The van der Waals surface area contributed by atoms with Crippen LogP contribution in [0.3, 0.4) is 0 Å². The van der Waals surface area contributed by atoms with Crippen molar-refractivity contribution in [2.75, 3.05) is 24.5 Å². The number of nitrogens with zero attached hydrogens (tertiary/aromatic N) is 1. The van der Waals surface area contributed by atoms with Crippen LogP contribution in [0.15, 0.2) is 18.2 Å². The van der Waals surface area contributed by atoms with E-state index in [1.54, 1.807) is 12.1 Å². The third kappa shape index (κ3) is 3.47. The molecule has 1 aromatic rings. The summed E-state index contributed by atoms with van der Waals surface area (Å²) in [5, 5.41) is 3.30. The summed E-state index contributed by atoms with van der Waals surface area (Å²) in [5.41, 5.74) is 2.27. The molecule has 1 fully saturated rings. The summed E-state index contributed by atoms with van der Waals surface area (Å²) in [5.74, 6) is 1.34. The number of anilines is 1. The molecule has 0 bridgehead atoms. The lowest BCUT2D eigenvalue weighted by molar-refractivity contribution is 0.422. The first-order valence-corrected chi connectivity index (χ1v) is 7.36. The van der Waals surface area contributed by atoms with Gasteiger partial charge in [0.15, 0.2) is 0 Å². The molecule has 2 rings (SSSR count). The monoisotopic (exact) mass is 264 g/mol. The molecule has 1 aromatic carbocycles.